The normalized spacial score (nSPS) is 20.1. The second-order valence-corrected chi connectivity index (χ2v) is 4.34. The summed E-state index contributed by atoms with van der Waals surface area (Å²) in [7, 11) is 1.83. The van der Waals surface area contributed by atoms with E-state index in [4.69, 9.17) is 5.73 Å². The highest BCUT2D eigenvalue weighted by Gasteiger charge is 2.26. The highest BCUT2D eigenvalue weighted by Crippen LogP contribution is 2.17. The molecule has 0 saturated carbocycles. The molecule has 17 heavy (non-hydrogen) atoms. The Kier molecular flexibility index (Phi) is 5.76. The minimum absolute atomic E-state index is 0.0978. The predicted molar refractivity (Wildman–Crippen MR) is 65.5 cm³/mol. The van der Waals surface area contributed by atoms with E-state index in [0.717, 1.165) is 25.8 Å². The molecule has 1 rings (SSSR count). The van der Waals surface area contributed by atoms with Gasteiger partial charge in [0.05, 0.1) is 0 Å². The average Bonchev–Trinajstić information content (AvgIpc) is 2.33. The number of rotatable bonds is 5. The molecule has 1 saturated heterocycles. The van der Waals surface area contributed by atoms with E-state index in [1.807, 2.05) is 11.9 Å². The Morgan fingerprint density at radius 3 is 2.82 bits per heavy atom. The molecule has 0 aromatic carbocycles. The monoisotopic (exact) mass is 242 g/mol. The molecule has 1 unspecified atom stereocenters. The SMILES string of the molecule is CNCCC(=O)N1CCCCC1CNC(N)=O. The summed E-state index contributed by atoms with van der Waals surface area (Å²) in [5.74, 6) is 0.148. The van der Waals surface area contributed by atoms with Crippen LogP contribution in [0.1, 0.15) is 25.7 Å². The summed E-state index contributed by atoms with van der Waals surface area (Å²) in [5.41, 5.74) is 5.05. The molecular weight excluding hydrogens is 220 g/mol. The highest BCUT2D eigenvalue weighted by molar-refractivity contribution is 5.77. The second-order valence-electron chi connectivity index (χ2n) is 4.34. The van der Waals surface area contributed by atoms with Crippen molar-refractivity contribution < 1.29 is 9.59 Å². The van der Waals surface area contributed by atoms with Crippen LogP contribution in [0.4, 0.5) is 4.79 Å². The van der Waals surface area contributed by atoms with Gasteiger partial charge in [0.1, 0.15) is 0 Å². The molecule has 6 nitrogen and oxygen atoms in total. The molecule has 3 amide bonds. The minimum Gasteiger partial charge on any atom is -0.352 e. The number of nitrogens with two attached hydrogens (primary N) is 1. The van der Waals surface area contributed by atoms with Crippen molar-refractivity contribution in [1.82, 2.24) is 15.5 Å². The lowest BCUT2D eigenvalue weighted by atomic mass is 10.0. The molecule has 1 heterocycles. The van der Waals surface area contributed by atoms with Crippen LogP contribution in [0.3, 0.4) is 0 Å². The third-order valence-electron chi connectivity index (χ3n) is 3.05. The van der Waals surface area contributed by atoms with Gasteiger partial charge in [0, 0.05) is 32.1 Å². The largest absolute Gasteiger partial charge is 0.352 e. The van der Waals surface area contributed by atoms with Crippen molar-refractivity contribution >= 4 is 11.9 Å². The van der Waals surface area contributed by atoms with Crippen molar-refractivity contribution in [3.8, 4) is 0 Å². The van der Waals surface area contributed by atoms with Gasteiger partial charge in [-0.15, -0.1) is 0 Å². The smallest absolute Gasteiger partial charge is 0.312 e. The summed E-state index contributed by atoms with van der Waals surface area (Å²) in [6, 6.07) is -0.432. The third-order valence-corrected chi connectivity index (χ3v) is 3.05. The van der Waals surface area contributed by atoms with E-state index in [1.54, 1.807) is 0 Å². The fourth-order valence-electron chi connectivity index (χ4n) is 2.14. The second kappa shape index (κ2) is 7.11. The van der Waals surface area contributed by atoms with E-state index in [1.165, 1.54) is 0 Å². The van der Waals surface area contributed by atoms with Crippen LogP contribution < -0.4 is 16.4 Å². The first-order chi connectivity index (χ1) is 8.15. The molecule has 1 aliphatic heterocycles. The molecule has 6 heteroatoms. The van der Waals surface area contributed by atoms with E-state index in [-0.39, 0.29) is 11.9 Å². The first-order valence-corrected chi connectivity index (χ1v) is 6.12. The average molecular weight is 242 g/mol. The number of amides is 3. The van der Waals surface area contributed by atoms with Crippen LogP contribution in [-0.2, 0) is 4.79 Å². The van der Waals surface area contributed by atoms with E-state index in [2.05, 4.69) is 10.6 Å². The Balaban J connectivity index is 2.46. The molecule has 0 aromatic heterocycles. The summed E-state index contributed by atoms with van der Waals surface area (Å²) in [6.45, 7) is 1.93. The highest BCUT2D eigenvalue weighted by atomic mass is 16.2. The number of carbonyl (C=O) groups is 2. The van der Waals surface area contributed by atoms with Gasteiger partial charge in [0.25, 0.3) is 0 Å². The van der Waals surface area contributed by atoms with Gasteiger partial charge in [-0.05, 0) is 26.3 Å². The Morgan fingerprint density at radius 1 is 1.41 bits per heavy atom. The fraction of sp³-hybridized carbons (Fsp3) is 0.818. The molecule has 0 radical (unpaired) electrons. The van der Waals surface area contributed by atoms with Crippen molar-refractivity contribution in [2.24, 2.45) is 5.73 Å². The number of urea groups is 1. The molecule has 0 bridgehead atoms. The van der Waals surface area contributed by atoms with Crippen molar-refractivity contribution in [1.29, 1.82) is 0 Å². The number of primary amides is 1. The van der Waals surface area contributed by atoms with Gasteiger partial charge in [-0.2, -0.15) is 0 Å². The van der Waals surface area contributed by atoms with Crippen LogP contribution in [0.25, 0.3) is 0 Å². The number of nitrogens with one attached hydrogen (secondary N) is 2. The Morgan fingerprint density at radius 2 is 2.18 bits per heavy atom. The van der Waals surface area contributed by atoms with Gasteiger partial charge in [-0.1, -0.05) is 0 Å². The lowest BCUT2D eigenvalue weighted by Gasteiger charge is -2.35. The predicted octanol–water partition coefficient (Wildman–Crippen LogP) is -0.355. The molecule has 1 atom stereocenters. The molecule has 0 aromatic rings. The van der Waals surface area contributed by atoms with Gasteiger partial charge >= 0.3 is 6.03 Å². The van der Waals surface area contributed by atoms with Crippen LogP contribution in [0, 0.1) is 0 Å². The summed E-state index contributed by atoms with van der Waals surface area (Å²) in [6.07, 6.45) is 3.58. The lowest BCUT2D eigenvalue weighted by molar-refractivity contribution is -0.134. The topological polar surface area (TPSA) is 87.5 Å². The first-order valence-electron chi connectivity index (χ1n) is 6.12. The van der Waals surface area contributed by atoms with Crippen molar-refractivity contribution in [3.63, 3.8) is 0 Å². The van der Waals surface area contributed by atoms with E-state index >= 15 is 0 Å². The van der Waals surface area contributed by atoms with E-state index in [9.17, 15) is 9.59 Å². The molecule has 1 aliphatic rings. The number of carbonyl (C=O) groups excluding carboxylic acids is 2. The van der Waals surface area contributed by atoms with Gasteiger partial charge < -0.3 is 21.3 Å². The summed E-state index contributed by atoms with van der Waals surface area (Å²) < 4.78 is 0. The lowest BCUT2D eigenvalue weighted by Crippen LogP contribution is -2.50. The Hall–Kier alpha value is -1.30. The molecule has 0 aliphatic carbocycles. The van der Waals surface area contributed by atoms with Crippen molar-refractivity contribution in [3.05, 3.63) is 0 Å². The fourth-order valence-corrected chi connectivity index (χ4v) is 2.14. The van der Waals surface area contributed by atoms with E-state index in [0.29, 0.717) is 19.5 Å². The Labute approximate surface area is 102 Å². The van der Waals surface area contributed by atoms with Crippen LogP contribution >= 0.6 is 0 Å². The van der Waals surface area contributed by atoms with Crippen molar-refractivity contribution in [2.45, 2.75) is 31.7 Å². The van der Waals surface area contributed by atoms with Crippen LogP contribution in [0.2, 0.25) is 0 Å². The molecule has 4 N–H and O–H groups in total. The number of likely N-dealkylation sites (tertiary alicyclic amines) is 1. The maximum absolute atomic E-state index is 12.0. The van der Waals surface area contributed by atoms with Gasteiger partial charge in [0.2, 0.25) is 5.91 Å². The Bertz CT molecular complexity index is 270. The number of hydrogen-bond donors (Lipinski definition) is 3. The molecule has 0 spiro atoms. The van der Waals surface area contributed by atoms with Crippen LogP contribution in [0.15, 0.2) is 0 Å². The van der Waals surface area contributed by atoms with E-state index < -0.39 is 6.03 Å². The number of nitrogens with zero attached hydrogens (tertiary/aromatic N) is 1. The van der Waals surface area contributed by atoms with Gasteiger partial charge in [0.15, 0.2) is 0 Å². The molecule has 98 valence electrons. The standard InChI is InChI=1S/C11H22N4O2/c1-13-6-5-10(16)15-7-3-2-4-9(15)8-14-11(12)17/h9,13H,2-8H2,1H3,(H3,12,14,17). The quantitative estimate of drug-likeness (QED) is 0.615. The summed E-state index contributed by atoms with van der Waals surface area (Å²) in [4.78, 5) is 24.5. The van der Waals surface area contributed by atoms with Crippen LogP contribution in [0.5, 0.6) is 0 Å². The zero-order valence-corrected chi connectivity index (χ0v) is 10.4. The van der Waals surface area contributed by atoms with Crippen LogP contribution in [-0.4, -0.2) is 49.6 Å². The zero-order chi connectivity index (χ0) is 12.7. The molecular formula is C11H22N4O2. The maximum Gasteiger partial charge on any atom is 0.312 e. The van der Waals surface area contributed by atoms with Crippen molar-refractivity contribution in [2.75, 3.05) is 26.7 Å². The number of hydrogen-bond acceptors (Lipinski definition) is 3. The number of piperidine rings is 1. The first kappa shape index (κ1) is 13.8. The van der Waals surface area contributed by atoms with Gasteiger partial charge in [-0.25, -0.2) is 4.79 Å². The minimum atomic E-state index is -0.529. The summed E-state index contributed by atoms with van der Waals surface area (Å²) in [5, 5.41) is 5.55. The third kappa shape index (κ3) is 4.60. The maximum atomic E-state index is 12.0. The van der Waals surface area contributed by atoms with Gasteiger partial charge in [-0.3, -0.25) is 4.79 Å². The molecule has 1 fully saturated rings. The zero-order valence-electron chi connectivity index (χ0n) is 10.4. The summed E-state index contributed by atoms with van der Waals surface area (Å²) >= 11 is 0.